The monoisotopic (exact) mass is 267 g/mol. The summed E-state index contributed by atoms with van der Waals surface area (Å²) in [6, 6.07) is 0.241. The number of aromatic nitrogens is 1. The summed E-state index contributed by atoms with van der Waals surface area (Å²) >= 11 is 1.44. The third-order valence-corrected chi connectivity index (χ3v) is 4.45. The van der Waals surface area contributed by atoms with Crippen LogP contribution in [0, 0.1) is 5.41 Å². The first-order chi connectivity index (χ1) is 8.49. The highest BCUT2D eigenvalue weighted by molar-refractivity contribution is 7.13. The summed E-state index contributed by atoms with van der Waals surface area (Å²) in [5.41, 5.74) is 0.287. The van der Waals surface area contributed by atoms with Crippen molar-refractivity contribution in [2.75, 3.05) is 5.32 Å². The molecule has 0 aliphatic heterocycles. The molecule has 100 valence electrons. The number of hydrogen-bond acceptors (Lipinski definition) is 4. The third kappa shape index (κ3) is 3.09. The SMILES string of the molecule is CC(NC1CCCC1(C)C)C(=O)Nc1nccs1. The van der Waals surface area contributed by atoms with Gasteiger partial charge in [0.2, 0.25) is 5.91 Å². The number of rotatable bonds is 4. The normalized spacial score (nSPS) is 23.8. The molecule has 1 heterocycles. The Labute approximate surface area is 112 Å². The summed E-state index contributed by atoms with van der Waals surface area (Å²) in [6.07, 6.45) is 5.32. The minimum Gasteiger partial charge on any atom is -0.303 e. The standard InChI is InChI=1S/C13H21N3OS/c1-9(11(17)16-12-14-7-8-18-12)15-10-5-4-6-13(10,2)3/h7-10,15H,4-6H2,1-3H3,(H,14,16,17). The van der Waals surface area contributed by atoms with E-state index < -0.39 is 0 Å². The van der Waals surface area contributed by atoms with Gasteiger partial charge in [-0.25, -0.2) is 4.98 Å². The second-order valence-electron chi connectivity index (χ2n) is 5.65. The number of thiazole rings is 1. The van der Waals surface area contributed by atoms with Crippen LogP contribution in [-0.4, -0.2) is 23.0 Å². The molecule has 0 saturated heterocycles. The maximum atomic E-state index is 12.0. The molecule has 0 radical (unpaired) electrons. The molecule has 1 aliphatic carbocycles. The Hall–Kier alpha value is -0.940. The van der Waals surface area contributed by atoms with Gasteiger partial charge in [0.1, 0.15) is 0 Å². The summed E-state index contributed by atoms with van der Waals surface area (Å²) in [4.78, 5) is 16.1. The number of amides is 1. The van der Waals surface area contributed by atoms with Crippen LogP contribution in [0.3, 0.4) is 0 Å². The molecule has 2 rings (SSSR count). The molecule has 1 aromatic rings. The maximum absolute atomic E-state index is 12.0. The molecule has 1 fully saturated rings. The zero-order valence-corrected chi connectivity index (χ0v) is 12.0. The maximum Gasteiger partial charge on any atom is 0.243 e. The van der Waals surface area contributed by atoms with E-state index in [9.17, 15) is 4.79 Å². The number of carbonyl (C=O) groups excluding carboxylic acids is 1. The lowest BCUT2D eigenvalue weighted by Crippen LogP contribution is -2.47. The van der Waals surface area contributed by atoms with E-state index in [1.807, 2.05) is 12.3 Å². The van der Waals surface area contributed by atoms with E-state index in [1.54, 1.807) is 6.20 Å². The second kappa shape index (κ2) is 5.36. The van der Waals surface area contributed by atoms with E-state index in [-0.39, 0.29) is 17.4 Å². The highest BCUT2D eigenvalue weighted by Crippen LogP contribution is 2.37. The van der Waals surface area contributed by atoms with Crippen LogP contribution in [0.4, 0.5) is 5.13 Å². The van der Waals surface area contributed by atoms with Crippen LogP contribution in [0.1, 0.15) is 40.0 Å². The summed E-state index contributed by atoms with van der Waals surface area (Å²) in [7, 11) is 0. The van der Waals surface area contributed by atoms with Gasteiger partial charge in [0.05, 0.1) is 6.04 Å². The Balaban J connectivity index is 1.87. The van der Waals surface area contributed by atoms with Crippen LogP contribution >= 0.6 is 11.3 Å². The molecule has 1 saturated carbocycles. The molecule has 0 aromatic carbocycles. The molecule has 1 aromatic heterocycles. The minimum absolute atomic E-state index is 0.00681. The molecule has 1 amide bonds. The van der Waals surface area contributed by atoms with Gasteiger partial charge in [-0.2, -0.15) is 0 Å². The van der Waals surface area contributed by atoms with Crippen LogP contribution in [0.2, 0.25) is 0 Å². The van der Waals surface area contributed by atoms with E-state index in [0.29, 0.717) is 11.2 Å². The van der Waals surface area contributed by atoms with Gasteiger partial charge in [0, 0.05) is 17.6 Å². The molecule has 1 aliphatic rings. The van der Waals surface area contributed by atoms with Gasteiger partial charge in [-0.3, -0.25) is 4.79 Å². The van der Waals surface area contributed by atoms with Gasteiger partial charge < -0.3 is 10.6 Å². The largest absolute Gasteiger partial charge is 0.303 e. The smallest absolute Gasteiger partial charge is 0.243 e. The van der Waals surface area contributed by atoms with Gasteiger partial charge in [-0.05, 0) is 25.2 Å². The number of nitrogens with zero attached hydrogens (tertiary/aromatic N) is 1. The van der Waals surface area contributed by atoms with Crippen molar-refractivity contribution >= 4 is 22.4 Å². The molecule has 0 spiro atoms. The van der Waals surface area contributed by atoms with Crippen molar-refractivity contribution in [2.45, 2.75) is 52.1 Å². The predicted octanol–water partition coefficient (Wildman–Crippen LogP) is 2.64. The van der Waals surface area contributed by atoms with Crippen molar-refractivity contribution in [3.05, 3.63) is 11.6 Å². The number of hydrogen-bond donors (Lipinski definition) is 2. The summed E-state index contributed by atoms with van der Waals surface area (Å²) < 4.78 is 0. The fraction of sp³-hybridized carbons (Fsp3) is 0.692. The molecule has 5 heteroatoms. The number of nitrogens with one attached hydrogen (secondary N) is 2. The zero-order valence-electron chi connectivity index (χ0n) is 11.2. The summed E-state index contributed by atoms with van der Waals surface area (Å²) in [5.74, 6) is -0.00681. The van der Waals surface area contributed by atoms with Gasteiger partial charge in [-0.15, -0.1) is 11.3 Å². The van der Waals surface area contributed by atoms with Gasteiger partial charge in [-0.1, -0.05) is 20.3 Å². The van der Waals surface area contributed by atoms with Crippen LogP contribution in [0.5, 0.6) is 0 Å². The minimum atomic E-state index is -0.184. The topological polar surface area (TPSA) is 54.0 Å². The first-order valence-corrected chi connectivity index (χ1v) is 7.33. The Kier molecular flexibility index (Phi) is 4.02. The first kappa shape index (κ1) is 13.5. The quantitative estimate of drug-likeness (QED) is 0.881. The summed E-state index contributed by atoms with van der Waals surface area (Å²) in [6.45, 7) is 6.45. The van der Waals surface area contributed by atoms with E-state index >= 15 is 0 Å². The van der Waals surface area contributed by atoms with Crippen LogP contribution in [-0.2, 0) is 4.79 Å². The van der Waals surface area contributed by atoms with Gasteiger partial charge in [0.25, 0.3) is 0 Å². The number of carbonyl (C=O) groups is 1. The lowest BCUT2D eigenvalue weighted by atomic mass is 9.87. The van der Waals surface area contributed by atoms with Crippen molar-refractivity contribution in [3.63, 3.8) is 0 Å². The lowest BCUT2D eigenvalue weighted by molar-refractivity contribution is -0.118. The average Bonchev–Trinajstić information content (AvgIpc) is 2.89. The zero-order chi connectivity index (χ0) is 13.2. The van der Waals surface area contributed by atoms with Crippen LogP contribution < -0.4 is 10.6 Å². The molecule has 2 unspecified atom stereocenters. The Morgan fingerprint density at radius 3 is 2.94 bits per heavy atom. The fourth-order valence-electron chi connectivity index (χ4n) is 2.51. The second-order valence-corrected chi connectivity index (χ2v) is 6.54. The predicted molar refractivity (Wildman–Crippen MR) is 74.8 cm³/mol. The Morgan fingerprint density at radius 1 is 1.61 bits per heavy atom. The van der Waals surface area contributed by atoms with Crippen molar-refractivity contribution in [1.29, 1.82) is 0 Å². The summed E-state index contributed by atoms with van der Waals surface area (Å²) in [5, 5.41) is 8.80. The van der Waals surface area contributed by atoms with Crippen molar-refractivity contribution in [1.82, 2.24) is 10.3 Å². The van der Waals surface area contributed by atoms with E-state index in [4.69, 9.17) is 0 Å². The highest BCUT2D eigenvalue weighted by atomic mass is 32.1. The lowest BCUT2D eigenvalue weighted by Gasteiger charge is -2.30. The molecule has 2 atom stereocenters. The van der Waals surface area contributed by atoms with E-state index in [2.05, 4.69) is 29.5 Å². The first-order valence-electron chi connectivity index (χ1n) is 6.45. The van der Waals surface area contributed by atoms with Crippen molar-refractivity contribution < 1.29 is 4.79 Å². The third-order valence-electron chi connectivity index (χ3n) is 3.76. The van der Waals surface area contributed by atoms with Gasteiger partial charge >= 0.3 is 0 Å². The molecule has 18 heavy (non-hydrogen) atoms. The van der Waals surface area contributed by atoms with Crippen molar-refractivity contribution in [2.24, 2.45) is 5.41 Å². The van der Waals surface area contributed by atoms with Crippen molar-refractivity contribution in [3.8, 4) is 0 Å². The Bertz CT molecular complexity index is 402. The molecular weight excluding hydrogens is 246 g/mol. The fourth-order valence-corrected chi connectivity index (χ4v) is 3.04. The Morgan fingerprint density at radius 2 is 2.39 bits per heavy atom. The molecule has 4 nitrogen and oxygen atoms in total. The molecule has 2 N–H and O–H groups in total. The molecule has 0 bridgehead atoms. The van der Waals surface area contributed by atoms with E-state index in [1.165, 1.54) is 24.2 Å². The van der Waals surface area contributed by atoms with E-state index in [0.717, 1.165) is 6.42 Å². The number of anilines is 1. The van der Waals surface area contributed by atoms with Crippen LogP contribution in [0.15, 0.2) is 11.6 Å². The average molecular weight is 267 g/mol. The van der Waals surface area contributed by atoms with Crippen LogP contribution in [0.25, 0.3) is 0 Å². The van der Waals surface area contributed by atoms with Gasteiger partial charge in [0.15, 0.2) is 5.13 Å². The molecular formula is C13H21N3OS. The highest BCUT2D eigenvalue weighted by Gasteiger charge is 2.35.